The maximum absolute atomic E-state index is 12.8. The molecule has 0 spiro atoms. The van der Waals surface area contributed by atoms with Gasteiger partial charge in [-0.3, -0.25) is 9.36 Å². The fourth-order valence-electron chi connectivity index (χ4n) is 3.71. The normalized spacial score (nSPS) is 23.0. The van der Waals surface area contributed by atoms with Crippen LogP contribution in [0.4, 0.5) is 0 Å². The van der Waals surface area contributed by atoms with Gasteiger partial charge < -0.3 is 9.15 Å². The first-order valence-corrected chi connectivity index (χ1v) is 11.0. The summed E-state index contributed by atoms with van der Waals surface area (Å²) < 4.78 is 39.6. The molecule has 0 unspecified atom stereocenters. The number of hydrogen-bond donors (Lipinski definition) is 1. The highest BCUT2D eigenvalue weighted by Crippen LogP contribution is 2.30. The molecule has 1 fully saturated rings. The van der Waals surface area contributed by atoms with Gasteiger partial charge in [-0.1, -0.05) is 26.7 Å². The van der Waals surface area contributed by atoms with Crippen LogP contribution in [-0.2, 0) is 26.1 Å². The monoisotopic (exact) mass is 410 g/mol. The zero-order chi connectivity index (χ0) is 20.5. The maximum Gasteiger partial charge on any atom is 0.420 e. The number of nitrogens with zero attached hydrogens (tertiary/aromatic N) is 1. The van der Waals surface area contributed by atoms with Crippen molar-refractivity contribution in [2.75, 3.05) is 6.61 Å². The number of rotatable bonds is 6. The predicted molar refractivity (Wildman–Crippen MR) is 103 cm³/mol. The molecule has 0 saturated heterocycles. The number of aromatic nitrogens is 1. The molecule has 2 aromatic rings. The van der Waals surface area contributed by atoms with E-state index < -0.39 is 21.7 Å². The van der Waals surface area contributed by atoms with Crippen LogP contribution in [0.25, 0.3) is 11.1 Å². The Morgan fingerprint density at radius 1 is 1.32 bits per heavy atom. The molecule has 1 aromatic heterocycles. The summed E-state index contributed by atoms with van der Waals surface area (Å²) >= 11 is 0. The largest absolute Gasteiger partial charge is 0.465 e. The number of carbonyl (C=O) groups is 1. The number of sulfonamides is 1. The third-order valence-corrected chi connectivity index (χ3v) is 7.04. The van der Waals surface area contributed by atoms with E-state index in [1.807, 2.05) is 0 Å². The van der Waals surface area contributed by atoms with Crippen molar-refractivity contribution in [1.82, 2.24) is 9.29 Å². The summed E-state index contributed by atoms with van der Waals surface area (Å²) in [6.45, 7) is 5.79. The van der Waals surface area contributed by atoms with E-state index in [0.29, 0.717) is 11.4 Å². The molecule has 1 aliphatic rings. The van der Waals surface area contributed by atoms with Crippen LogP contribution in [0.5, 0.6) is 0 Å². The number of oxazole rings is 1. The first kappa shape index (κ1) is 20.6. The molecule has 1 heterocycles. The Bertz CT molecular complexity index is 1020. The minimum atomic E-state index is -3.76. The number of ether oxygens (including phenoxy) is 1. The number of esters is 1. The fraction of sp³-hybridized carbons (Fsp3) is 0.579. The lowest BCUT2D eigenvalue weighted by molar-refractivity contribution is -0.143. The van der Waals surface area contributed by atoms with E-state index in [0.717, 1.165) is 23.8 Å². The minimum absolute atomic E-state index is 0.0301. The number of hydrogen-bond acceptors (Lipinski definition) is 6. The van der Waals surface area contributed by atoms with E-state index in [2.05, 4.69) is 18.6 Å². The molecule has 154 valence electrons. The van der Waals surface area contributed by atoms with E-state index >= 15 is 0 Å². The summed E-state index contributed by atoms with van der Waals surface area (Å²) in [5, 5.41) is 0. The average molecular weight is 410 g/mol. The molecule has 1 aliphatic carbocycles. The van der Waals surface area contributed by atoms with Gasteiger partial charge in [0.2, 0.25) is 10.0 Å². The second kappa shape index (κ2) is 8.08. The lowest BCUT2D eigenvalue weighted by atomic mass is 9.78. The van der Waals surface area contributed by atoms with Crippen molar-refractivity contribution in [3.05, 3.63) is 28.7 Å². The molecule has 1 saturated carbocycles. The van der Waals surface area contributed by atoms with Gasteiger partial charge in [-0.15, -0.1) is 0 Å². The minimum Gasteiger partial charge on any atom is -0.465 e. The van der Waals surface area contributed by atoms with Crippen LogP contribution >= 0.6 is 0 Å². The van der Waals surface area contributed by atoms with Crippen LogP contribution in [0.15, 0.2) is 32.3 Å². The van der Waals surface area contributed by atoms with Crippen molar-refractivity contribution in [1.29, 1.82) is 0 Å². The van der Waals surface area contributed by atoms with Crippen molar-refractivity contribution in [2.45, 2.75) is 57.5 Å². The molecule has 0 amide bonds. The van der Waals surface area contributed by atoms with Crippen LogP contribution in [-0.4, -0.2) is 31.6 Å². The van der Waals surface area contributed by atoms with Crippen LogP contribution in [0.2, 0.25) is 0 Å². The second-order valence-electron chi connectivity index (χ2n) is 7.38. The smallest absolute Gasteiger partial charge is 0.420 e. The SMILES string of the molecule is CCOC(=O)Cn1c(=O)oc2cc(S(=O)(=O)N[C@@H]3CCC[C@H](C)[C@H]3C)ccc21. The molecule has 9 heteroatoms. The van der Waals surface area contributed by atoms with Gasteiger partial charge in [-0.05, 0) is 37.3 Å². The quantitative estimate of drug-likeness (QED) is 0.732. The highest BCUT2D eigenvalue weighted by molar-refractivity contribution is 7.89. The number of carbonyl (C=O) groups excluding carboxylic acids is 1. The van der Waals surface area contributed by atoms with Crippen molar-refractivity contribution in [3.8, 4) is 0 Å². The van der Waals surface area contributed by atoms with Gasteiger partial charge >= 0.3 is 11.7 Å². The van der Waals surface area contributed by atoms with Gasteiger partial charge in [0, 0.05) is 12.1 Å². The summed E-state index contributed by atoms with van der Waals surface area (Å²) in [4.78, 5) is 23.8. The Morgan fingerprint density at radius 3 is 2.79 bits per heavy atom. The highest BCUT2D eigenvalue weighted by Gasteiger charge is 2.31. The Hall–Kier alpha value is -2.13. The molecule has 0 bridgehead atoms. The number of benzene rings is 1. The lowest BCUT2D eigenvalue weighted by Gasteiger charge is -2.34. The average Bonchev–Trinajstić information content (AvgIpc) is 2.94. The molecule has 1 aromatic carbocycles. The summed E-state index contributed by atoms with van der Waals surface area (Å²) in [6.07, 6.45) is 2.89. The maximum atomic E-state index is 12.8. The van der Waals surface area contributed by atoms with Crippen LogP contribution in [0.3, 0.4) is 0 Å². The van der Waals surface area contributed by atoms with Crippen molar-refractivity contribution < 1.29 is 22.4 Å². The summed E-state index contributed by atoms with van der Waals surface area (Å²) in [7, 11) is -3.76. The number of nitrogens with one attached hydrogen (secondary N) is 1. The molecule has 0 radical (unpaired) electrons. The highest BCUT2D eigenvalue weighted by atomic mass is 32.2. The summed E-state index contributed by atoms with van der Waals surface area (Å²) in [5.74, 6) is -0.596. The molecule has 3 rings (SSSR count). The van der Waals surface area contributed by atoms with Gasteiger partial charge in [0.05, 0.1) is 17.0 Å². The van der Waals surface area contributed by atoms with E-state index in [9.17, 15) is 18.0 Å². The summed E-state index contributed by atoms with van der Waals surface area (Å²) in [6, 6.07) is 4.08. The van der Waals surface area contributed by atoms with Gasteiger partial charge in [-0.2, -0.15) is 0 Å². The molecule has 0 aliphatic heterocycles. The zero-order valence-electron chi connectivity index (χ0n) is 16.3. The predicted octanol–water partition coefficient (Wildman–Crippen LogP) is 2.26. The standard InChI is InChI=1S/C19H26N2O6S/c1-4-26-18(22)11-21-16-9-8-14(10-17(16)27-19(21)23)28(24,25)20-15-7-5-6-12(2)13(15)3/h8-10,12-13,15,20H,4-7,11H2,1-3H3/t12-,13+,15+/m0/s1. The fourth-order valence-corrected chi connectivity index (χ4v) is 5.09. The van der Waals surface area contributed by atoms with Crippen LogP contribution in [0, 0.1) is 11.8 Å². The molecule has 28 heavy (non-hydrogen) atoms. The second-order valence-corrected chi connectivity index (χ2v) is 9.10. The van der Waals surface area contributed by atoms with Crippen molar-refractivity contribution >= 4 is 27.1 Å². The Balaban J connectivity index is 1.87. The lowest BCUT2D eigenvalue weighted by Crippen LogP contribution is -2.43. The Labute approximate surface area is 163 Å². The number of fused-ring (bicyclic) bond motifs is 1. The van der Waals surface area contributed by atoms with Crippen LogP contribution in [0.1, 0.15) is 40.0 Å². The van der Waals surface area contributed by atoms with E-state index in [4.69, 9.17) is 9.15 Å². The van der Waals surface area contributed by atoms with E-state index in [1.54, 1.807) is 6.92 Å². The zero-order valence-corrected chi connectivity index (χ0v) is 17.1. The van der Waals surface area contributed by atoms with Gasteiger partial charge in [0.1, 0.15) is 6.54 Å². The first-order chi connectivity index (χ1) is 13.2. The molecule has 1 N–H and O–H groups in total. The topological polar surface area (TPSA) is 108 Å². The Morgan fingerprint density at radius 2 is 2.07 bits per heavy atom. The van der Waals surface area contributed by atoms with Crippen LogP contribution < -0.4 is 10.5 Å². The summed E-state index contributed by atoms with van der Waals surface area (Å²) in [5.41, 5.74) is 0.457. The van der Waals surface area contributed by atoms with E-state index in [1.165, 1.54) is 18.2 Å². The Kier molecular flexibility index (Phi) is 5.95. The van der Waals surface area contributed by atoms with Gasteiger partial charge in [-0.25, -0.2) is 17.9 Å². The molecular weight excluding hydrogens is 384 g/mol. The molecular formula is C19H26N2O6S. The van der Waals surface area contributed by atoms with E-state index in [-0.39, 0.29) is 35.6 Å². The molecule has 3 atom stereocenters. The third-order valence-electron chi connectivity index (χ3n) is 5.56. The van der Waals surface area contributed by atoms with Crippen molar-refractivity contribution in [3.63, 3.8) is 0 Å². The third kappa shape index (κ3) is 4.15. The van der Waals surface area contributed by atoms with Gasteiger partial charge in [0.15, 0.2) is 5.58 Å². The molecule has 8 nitrogen and oxygen atoms in total. The first-order valence-electron chi connectivity index (χ1n) is 9.54. The van der Waals surface area contributed by atoms with Crippen molar-refractivity contribution in [2.24, 2.45) is 11.8 Å². The van der Waals surface area contributed by atoms with Gasteiger partial charge in [0.25, 0.3) is 0 Å².